The van der Waals surface area contributed by atoms with Gasteiger partial charge in [0.05, 0.1) is 38.6 Å². The topological polar surface area (TPSA) is 339 Å². The van der Waals surface area contributed by atoms with Crippen molar-refractivity contribution in [1.29, 1.82) is 0 Å². The highest BCUT2D eigenvalue weighted by Crippen LogP contribution is 2.59. The van der Waals surface area contributed by atoms with Crippen LogP contribution in [-0.2, 0) is 63.8 Å². The summed E-state index contributed by atoms with van der Waals surface area (Å²) in [4.78, 5) is 129. The monoisotopic (exact) mass is 1340 g/mol. The van der Waals surface area contributed by atoms with Gasteiger partial charge < -0.3 is 55.3 Å². The molecule has 3 aromatic heterocycles. The Morgan fingerprint density at radius 3 is 1.92 bits per heavy atom. The average Bonchev–Trinajstić information content (AvgIpc) is 1.54. The number of piperidine rings is 1. The van der Waals surface area contributed by atoms with Gasteiger partial charge in [0, 0.05) is 87.1 Å². The fourth-order valence-electron chi connectivity index (χ4n) is 11.5. The lowest BCUT2D eigenvalue weighted by Crippen LogP contribution is -2.47. The van der Waals surface area contributed by atoms with Crippen LogP contribution in [0.4, 0.5) is 5.82 Å². The lowest BCUT2D eigenvalue weighted by atomic mass is 9.99. The minimum atomic E-state index is -1.20. The lowest BCUT2D eigenvalue weighted by molar-refractivity contribution is -0.142. The Balaban J connectivity index is 0.781. The van der Waals surface area contributed by atoms with Crippen LogP contribution in [-0.4, -0.2) is 177 Å². The third kappa shape index (κ3) is 24.7. The van der Waals surface area contributed by atoms with Crippen LogP contribution in [0, 0.1) is 26.2 Å². The van der Waals surface area contributed by atoms with Gasteiger partial charge in [-0.1, -0.05) is 83.1 Å². The number of ketones is 2. The summed E-state index contributed by atoms with van der Waals surface area (Å²) in [6.45, 7) is 7.86. The molecule has 0 radical (unpaired) electrons. The Kier molecular flexibility index (Phi) is 31.2. The van der Waals surface area contributed by atoms with Crippen molar-refractivity contribution >= 4 is 85.7 Å². The van der Waals surface area contributed by atoms with Gasteiger partial charge in [-0.15, -0.1) is 0 Å². The van der Waals surface area contributed by atoms with Gasteiger partial charge in [0.25, 0.3) is 0 Å². The number of Topliss-reactive ketones (excluding diaryl/α,β-unsaturated/α-hetero) is 2. The van der Waals surface area contributed by atoms with E-state index in [2.05, 4.69) is 57.2 Å². The maximum atomic E-state index is 14.6. The Hall–Kier alpha value is -7.13. The molecule has 1 saturated carbocycles. The lowest BCUT2D eigenvalue weighted by Gasteiger charge is -2.27. The number of halogens is 1. The number of fused-ring (bicyclic) bond motifs is 2. The number of aryl methyl sites for hydroxylation is 3. The summed E-state index contributed by atoms with van der Waals surface area (Å²) >= 11 is 3.37. The number of aliphatic carboxylic acids is 2. The van der Waals surface area contributed by atoms with E-state index >= 15 is 0 Å². The van der Waals surface area contributed by atoms with Crippen LogP contribution in [0.1, 0.15) is 176 Å². The standard InChI is InChI=1S/C66H93BrN10O15/c1-44-23-25-55(67)73-63(44)74-64(86)53-36-66(37-54(66)77(53)59(83)40-76-62-45(2)34-48(49-38-69-47(4)70-39-49)35-51(62)61(75-76)46(3)78)43-71-58(82)42-92-33-30-89-28-19-20-50(79)41-91-32-31-90-29-27-68-56(80)26-24-52(65(87)88)72-57(81)21-17-15-13-11-9-7-5-6-8-10-12-14-16-18-22-60(84)85/h23,25,34-35,38-39,52-54H,5-22,24,26-33,36-37,40-43H2,1-4H3,(H,68,80)(H,71,82)(H,72,81)(H,84,85)(H,87,88)(H,73,74,86)/t52-,53-,54+,66-/m0/s1. The molecular formula is C66H93BrN10O15. The molecule has 0 bridgehead atoms. The molecule has 504 valence electrons. The molecule has 25 nitrogen and oxygen atoms in total. The summed E-state index contributed by atoms with van der Waals surface area (Å²) in [6, 6.07) is 4.94. The van der Waals surface area contributed by atoms with Crippen LogP contribution in [0.5, 0.6) is 0 Å². The molecule has 1 aliphatic heterocycles. The summed E-state index contributed by atoms with van der Waals surface area (Å²) in [6.07, 6.45) is 20.2. The molecule has 0 spiro atoms. The Labute approximate surface area is 546 Å². The maximum absolute atomic E-state index is 14.6. The number of carboxylic acids is 2. The number of unbranched alkanes of at least 4 members (excludes halogenated alkanes) is 13. The number of hydrogen-bond acceptors (Lipinski definition) is 17. The highest BCUT2D eigenvalue weighted by molar-refractivity contribution is 9.10. The molecule has 1 saturated heterocycles. The van der Waals surface area contributed by atoms with Crippen LogP contribution in [0.15, 0.2) is 41.3 Å². The summed E-state index contributed by atoms with van der Waals surface area (Å²) in [5.41, 5.74) is 3.30. The van der Waals surface area contributed by atoms with E-state index < -0.39 is 35.3 Å². The largest absolute Gasteiger partial charge is 0.481 e. The Morgan fingerprint density at radius 1 is 0.663 bits per heavy atom. The molecule has 4 atom stereocenters. The first-order valence-electron chi connectivity index (χ1n) is 32.4. The Bertz CT molecular complexity index is 3130. The molecule has 26 heteroatoms. The average molecular weight is 1350 g/mol. The van der Waals surface area contributed by atoms with Gasteiger partial charge >= 0.3 is 11.9 Å². The molecule has 6 N–H and O–H groups in total. The molecule has 2 aliphatic rings. The molecule has 1 aliphatic carbocycles. The normalized spacial score (nSPS) is 16.0. The van der Waals surface area contributed by atoms with E-state index in [0.717, 1.165) is 67.2 Å². The molecule has 4 heterocycles. The number of nitrogens with zero attached hydrogens (tertiary/aromatic N) is 6. The van der Waals surface area contributed by atoms with E-state index in [1.54, 1.807) is 30.3 Å². The number of carboxylic acid groups (broad SMARTS) is 2. The zero-order chi connectivity index (χ0) is 66.4. The van der Waals surface area contributed by atoms with Crippen LogP contribution < -0.4 is 21.3 Å². The molecule has 4 aromatic rings. The Morgan fingerprint density at radius 2 is 1.28 bits per heavy atom. The van der Waals surface area contributed by atoms with Gasteiger partial charge in [0.1, 0.15) is 53.8 Å². The van der Waals surface area contributed by atoms with Crippen LogP contribution in [0.25, 0.3) is 22.0 Å². The third-order valence-corrected chi connectivity index (χ3v) is 17.1. The highest BCUT2D eigenvalue weighted by atomic mass is 79.9. The van der Waals surface area contributed by atoms with E-state index in [1.807, 2.05) is 32.0 Å². The number of carbonyl (C=O) groups is 9. The zero-order valence-corrected chi connectivity index (χ0v) is 55.4. The van der Waals surface area contributed by atoms with E-state index in [4.69, 9.17) is 24.1 Å². The first kappa shape index (κ1) is 73.9. The number of ether oxygens (including phenoxy) is 4. The number of anilines is 1. The molecule has 0 unspecified atom stereocenters. The second kappa shape index (κ2) is 38.8. The quantitative estimate of drug-likeness (QED) is 0.0138. The fraction of sp³-hybridized carbons (Fsp3) is 0.621. The molecule has 2 fully saturated rings. The number of benzene rings is 1. The molecule has 92 heavy (non-hydrogen) atoms. The maximum Gasteiger partial charge on any atom is 0.326 e. The van der Waals surface area contributed by atoms with Crippen LogP contribution in [0.3, 0.4) is 0 Å². The van der Waals surface area contributed by atoms with E-state index in [-0.39, 0.29) is 158 Å². The first-order chi connectivity index (χ1) is 44.2. The van der Waals surface area contributed by atoms with E-state index in [0.29, 0.717) is 46.4 Å². The number of nitrogens with one attached hydrogen (secondary N) is 4. The molecule has 6 rings (SSSR count). The molecule has 5 amide bonds. The highest BCUT2D eigenvalue weighted by Gasteiger charge is 2.67. The van der Waals surface area contributed by atoms with Gasteiger partial charge in [-0.05, 0) is 110 Å². The van der Waals surface area contributed by atoms with Gasteiger partial charge in [-0.3, -0.25) is 43.0 Å². The summed E-state index contributed by atoms with van der Waals surface area (Å²) in [5, 5.41) is 34.6. The summed E-state index contributed by atoms with van der Waals surface area (Å²) < 4.78 is 24.1. The van der Waals surface area contributed by atoms with Crippen molar-refractivity contribution in [2.75, 3.05) is 71.3 Å². The number of pyridine rings is 1. The number of likely N-dealkylation sites (tertiary alicyclic amines) is 1. The van der Waals surface area contributed by atoms with E-state index in [9.17, 15) is 48.3 Å². The predicted molar refractivity (Wildman–Crippen MR) is 345 cm³/mol. The number of carbonyl (C=O) groups excluding carboxylic acids is 7. The third-order valence-electron chi connectivity index (χ3n) is 16.6. The van der Waals surface area contributed by atoms with Gasteiger partial charge in [0.15, 0.2) is 11.6 Å². The zero-order valence-electron chi connectivity index (χ0n) is 53.8. The van der Waals surface area contributed by atoms with Crippen molar-refractivity contribution in [2.45, 2.75) is 194 Å². The first-order valence-corrected chi connectivity index (χ1v) is 33.2. The fourth-order valence-corrected chi connectivity index (χ4v) is 11.8. The van der Waals surface area contributed by atoms with Crippen molar-refractivity contribution in [2.24, 2.45) is 5.41 Å². The SMILES string of the molecule is CC(=O)c1nn(CC(=O)N2[C@H](C(=O)Nc3nc(Br)ccc3C)C[C@@]3(CNC(=O)COCCOCCCC(=O)COCCOCCNC(=O)CC[C@H](NC(=O)CCCCCCCCCCCCCCCCC(=O)O)C(=O)O)C[C@@H]23)c2c(C)cc(-c3cnc(C)nc3)cc12. The van der Waals surface area contributed by atoms with Crippen LogP contribution in [0.2, 0.25) is 0 Å². The number of hydrogen-bond donors (Lipinski definition) is 6. The van der Waals surface area contributed by atoms with Gasteiger partial charge in [-0.25, -0.2) is 19.7 Å². The predicted octanol–water partition coefficient (Wildman–Crippen LogP) is 8.10. The smallest absolute Gasteiger partial charge is 0.326 e. The van der Waals surface area contributed by atoms with Crippen molar-refractivity contribution in [1.82, 2.24) is 45.6 Å². The van der Waals surface area contributed by atoms with Crippen molar-refractivity contribution in [3.63, 3.8) is 0 Å². The summed E-state index contributed by atoms with van der Waals surface area (Å²) in [7, 11) is 0. The van der Waals surface area contributed by atoms with Crippen molar-refractivity contribution in [3.05, 3.63) is 63.9 Å². The van der Waals surface area contributed by atoms with E-state index in [1.165, 1.54) is 50.1 Å². The van der Waals surface area contributed by atoms with Gasteiger partial charge in [-0.2, -0.15) is 5.10 Å². The van der Waals surface area contributed by atoms with Crippen molar-refractivity contribution < 1.29 is 72.3 Å². The molecule has 1 aromatic carbocycles. The second-order valence-electron chi connectivity index (χ2n) is 24.1. The van der Waals surface area contributed by atoms with Crippen LogP contribution >= 0.6 is 15.9 Å². The second-order valence-corrected chi connectivity index (χ2v) is 24.9. The number of amides is 5. The molecular weight excluding hydrogens is 1250 g/mol. The number of rotatable bonds is 47. The summed E-state index contributed by atoms with van der Waals surface area (Å²) in [5.74, 6) is -3.21. The minimum Gasteiger partial charge on any atom is -0.481 e. The van der Waals surface area contributed by atoms with Gasteiger partial charge in [0.2, 0.25) is 29.5 Å². The minimum absolute atomic E-state index is 0.0454. The number of aromatic nitrogens is 5. The van der Waals surface area contributed by atoms with Crippen molar-refractivity contribution in [3.8, 4) is 11.1 Å².